The van der Waals surface area contributed by atoms with Gasteiger partial charge in [-0.05, 0) is 57.3 Å². The fourth-order valence-corrected chi connectivity index (χ4v) is 13.1. The molecular weight excluding hydrogens is 1270 g/mol. The van der Waals surface area contributed by atoms with Crippen LogP contribution in [0.3, 0.4) is 0 Å². The van der Waals surface area contributed by atoms with Crippen LogP contribution in [0.25, 0.3) is 0 Å². The van der Waals surface area contributed by atoms with Gasteiger partial charge in [0, 0.05) is 25.7 Å². The van der Waals surface area contributed by atoms with Crippen LogP contribution in [0.2, 0.25) is 0 Å². The first-order valence-electron chi connectivity index (χ1n) is 40.0. The van der Waals surface area contributed by atoms with Crippen molar-refractivity contribution in [2.75, 3.05) is 39.6 Å². The third-order valence-corrected chi connectivity index (χ3v) is 19.6. The van der Waals surface area contributed by atoms with E-state index in [1.807, 2.05) is 0 Å². The number of phosphoric ester groups is 2. The number of allylic oxidation sites excluding steroid dienone is 4. The highest BCUT2D eigenvalue weighted by atomic mass is 31.2. The SMILES string of the molecule is CCCCCC/C=C\C=C/CCCCCCCC(=O)OC[C@H](COP(=O)(O)OC[C@@H](O)COP(=O)(O)OC[C@@H](COC(=O)CCCCCCCCCC(C)C)OC(=O)CCCCCCCCCCCCCCCC)OC(=O)CCCCCCCCCCCCCCCCCCCC. The molecule has 0 aliphatic carbocycles. The second kappa shape index (κ2) is 70.6. The van der Waals surface area contributed by atoms with Gasteiger partial charge in [-0.2, -0.15) is 0 Å². The first kappa shape index (κ1) is 94.5. The Morgan fingerprint density at radius 1 is 0.320 bits per heavy atom. The van der Waals surface area contributed by atoms with Gasteiger partial charge in [0.2, 0.25) is 0 Å². The van der Waals surface area contributed by atoms with Crippen molar-refractivity contribution in [3.8, 4) is 0 Å². The molecule has 2 unspecified atom stereocenters. The van der Waals surface area contributed by atoms with Gasteiger partial charge < -0.3 is 33.8 Å². The minimum absolute atomic E-state index is 0.102. The highest BCUT2D eigenvalue weighted by molar-refractivity contribution is 7.47. The number of carbonyl (C=O) groups is 4. The zero-order valence-electron chi connectivity index (χ0n) is 62.7. The van der Waals surface area contributed by atoms with Crippen molar-refractivity contribution < 1.29 is 80.2 Å². The summed E-state index contributed by atoms with van der Waals surface area (Å²) in [5, 5.41) is 10.6. The van der Waals surface area contributed by atoms with Crippen LogP contribution in [-0.2, 0) is 65.4 Å². The zero-order valence-corrected chi connectivity index (χ0v) is 64.5. The number of hydrogen-bond donors (Lipinski definition) is 3. The topological polar surface area (TPSA) is 237 Å². The monoisotopic (exact) mass is 1420 g/mol. The van der Waals surface area contributed by atoms with E-state index in [0.717, 1.165) is 116 Å². The molecule has 19 heteroatoms. The predicted molar refractivity (Wildman–Crippen MR) is 395 cm³/mol. The summed E-state index contributed by atoms with van der Waals surface area (Å²) < 4.78 is 68.5. The first-order chi connectivity index (χ1) is 47.0. The van der Waals surface area contributed by atoms with Crippen molar-refractivity contribution in [1.82, 2.24) is 0 Å². The van der Waals surface area contributed by atoms with E-state index in [2.05, 4.69) is 58.9 Å². The summed E-state index contributed by atoms with van der Waals surface area (Å²) in [5.41, 5.74) is 0. The molecule has 0 aliphatic rings. The van der Waals surface area contributed by atoms with Crippen LogP contribution in [0, 0.1) is 5.92 Å². The summed E-state index contributed by atoms with van der Waals surface area (Å²) >= 11 is 0. The lowest BCUT2D eigenvalue weighted by molar-refractivity contribution is -0.161. The minimum Gasteiger partial charge on any atom is -0.462 e. The summed E-state index contributed by atoms with van der Waals surface area (Å²) in [7, 11) is -9.92. The van der Waals surface area contributed by atoms with Gasteiger partial charge in [0.05, 0.1) is 26.4 Å². The number of aliphatic hydroxyl groups is 1. The molecule has 17 nitrogen and oxygen atoms in total. The lowest BCUT2D eigenvalue weighted by Crippen LogP contribution is -2.30. The Morgan fingerprint density at radius 2 is 0.557 bits per heavy atom. The number of esters is 4. The average molecular weight is 1420 g/mol. The molecule has 0 aromatic heterocycles. The number of carbonyl (C=O) groups excluding carboxylic acids is 4. The molecule has 0 rings (SSSR count). The molecule has 0 aromatic carbocycles. The van der Waals surface area contributed by atoms with Gasteiger partial charge in [0.25, 0.3) is 0 Å². The maximum atomic E-state index is 13.1. The van der Waals surface area contributed by atoms with E-state index < -0.39 is 97.5 Å². The van der Waals surface area contributed by atoms with Crippen LogP contribution in [0.15, 0.2) is 24.3 Å². The summed E-state index contributed by atoms with van der Waals surface area (Å²) in [6.07, 6.45) is 63.3. The fraction of sp³-hybridized carbons (Fsp3) is 0.897. The molecule has 97 heavy (non-hydrogen) atoms. The van der Waals surface area contributed by atoms with Gasteiger partial charge in [-0.15, -0.1) is 0 Å². The van der Waals surface area contributed by atoms with Crippen molar-refractivity contribution in [3.63, 3.8) is 0 Å². The van der Waals surface area contributed by atoms with Crippen LogP contribution in [0.5, 0.6) is 0 Å². The molecule has 0 radical (unpaired) electrons. The molecule has 5 atom stereocenters. The number of ether oxygens (including phenoxy) is 4. The lowest BCUT2D eigenvalue weighted by Gasteiger charge is -2.21. The average Bonchev–Trinajstić information content (AvgIpc) is 1.10. The lowest BCUT2D eigenvalue weighted by atomic mass is 10.0. The highest BCUT2D eigenvalue weighted by Crippen LogP contribution is 2.45. The van der Waals surface area contributed by atoms with E-state index in [-0.39, 0.29) is 25.7 Å². The van der Waals surface area contributed by atoms with E-state index in [0.29, 0.717) is 31.6 Å². The highest BCUT2D eigenvalue weighted by Gasteiger charge is 2.30. The second-order valence-electron chi connectivity index (χ2n) is 27.9. The quantitative estimate of drug-likeness (QED) is 0.0169. The smallest absolute Gasteiger partial charge is 0.462 e. The third kappa shape index (κ3) is 71.7. The number of phosphoric acid groups is 2. The molecule has 3 N–H and O–H groups in total. The Labute approximate surface area is 592 Å². The molecule has 0 spiro atoms. The van der Waals surface area contributed by atoms with Crippen molar-refractivity contribution in [3.05, 3.63) is 24.3 Å². The van der Waals surface area contributed by atoms with Crippen LogP contribution >= 0.6 is 15.6 Å². The van der Waals surface area contributed by atoms with E-state index in [4.69, 9.17) is 37.0 Å². The van der Waals surface area contributed by atoms with E-state index in [9.17, 15) is 43.2 Å². The summed E-state index contributed by atoms with van der Waals surface area (Å²) in [6, 6.07) is 0. The number of unbranched alkanes of at least 4 members (excludes halogenated alkanes) is 45. The van der Waals surface area contributed by atoms with Crippen LogP contribution in [0.4, 0.5) is 0 Å². The Bertz CT molecular complexity index is 1950. The summed E-state index contributed by atoms with van der Waals surface area (Å²) in [5.74, 6) is -1.44. The molecule has 572 valence electrons. The standard InChI is InChI=1S/C78H148O17P2/c1-6-9-12-15-18-21-24-27-30-31-32-34-37-40-43-48-54-59-64-77(82)94-73(67-88-75(80)61-56-51-46-41-38-36-33-28-25-22-19-16-13-10-7-2)69-92-96(84,85)90-65-72(79)66-91-97(86,87)93-70-74(68-89-76(81)62-57-52-49-44-45-50-55-60-71(4)5)95-78(83)63-58-53-47-42-39-35-29-26-23-20-17-14-11-8-3/h22,25,28,33,71-74,79H,6-21,23-24,26-27,29-32,34-70H2,1-5H3,(H,84,85)(H,86,87)/b25-22-,33-28-/t72-,73-,74-/m1/s1. The predicted octanol–water partition coefficient (Wildman–Crippen LogP) is 22.8. The van der Waals surface area contributed by atoms with E-state index in [1.54, 1.807) is 0 Å². The van der Waals surface area contributed by atoms with Gasteiger partial charge in [-0.1, -0.05) is 335 Å². The summed E-state index contributed by atoms with van der Waals surface area (Å²) in [6.45, 7) is 7.19. The maximum absolute atomic E-state index is 13.1. The Kier molecular flexibility index (Phi) is 68.8. The maximum Gasteiger partial charge on any atom is 0.472 e. The van der Waals surface area contributed by atoms with Crippen molar-refractivity contribution >= 4 is 39.5 Å². The molecule has 0 bridgehead atoms. The van der Waals surface area contributed by atoms with Gasteiger partial charge in [0.1, 0.15) is 19.3 Å². The largest absolute Gasteiger partial charge is 0.472 e. The molecule has 0 fully saturated rings. The Morgan fingerprint density at radius 3 is 0.845 bits per heavy atom. The number of aliphatic hydroxyl groups excluding tert-OH is 1. The Hall–Kier alpha value is -2.46. The van der Waals surface area contributed by atoms with E-state index in [1.165, 1.54) is 186 Å². The molecular formula is C78H148O17P2. The molecule has 0 aliphatic heterocycles. The molecule has 0 saturated heterocycles. The second-order valence-corrected chi connectivity index (χ2v) is 30.8. The van der Waals surface area contributed by atoms with Gasteiger partial charge in [-0.25, -0.2) is 9.13 Å². The summed E-state index contributed by atoms with van der Waals surface area (Å²) in [4.78, 5) is 72.9. The zero-order chi connectivity index (χ0) is 71.2. The van der Waals surface area contributed by atoms with Crippen LogP contribution in [-0.4, -0.2) is 96.7 Å². The van der Waals surface area contributed by atoms with Crippen LogP contribution < -0.4 is 0 Å². The van der Waals surface area contributed by atoms with Gasteiger partial charge in [-0.3, -0.25) is 37.3 Å². The fourth-order valence-electron chi connectivity index (χ4n) is 11.5. The molecule has 0 amide bonds. The van der Waals surface area contributed by atoms with Crippen molar-refractivity contribution in [2.45, 2.75) is 406 Å². The molecule has 0 aromatic rings. The third-order valence-electron chi connectivity index (χ3n) is 17.7. The number of rotatable bonds is 76. The number of hydrogen-bond acceptors (Lipinski definition) is 15. The van der Waals surface area contributed by atoms with Gasteiger partial charge >= 0.3 is 39.5 Å². The normalized spacial score (nSPS) is 14.1. The first-order valence-corrected chi connectivity index (χ1v) is 42.9. The van der Waals surface area contributed by atoms with E-state index >= 15 is 0 Å². The molecule has 0 saturated carbocycles. The minimum atomic E-state index is -4.97. The van der Waals surface area contributed by atoms with Crippen molar-refractivity contribution in [2.24, 2.45) is 5.92 Å². The molecule has 0 heterocycles. The van der Waals surface area contributed by atoms with Gasteiger partial charge in [0.15, 0.2) is 12.2 Å². The Balaban J connectivity index is 5.27. The van der Waals surface area contributed by atoms with Crippen LogP contribution in [0.1, 0.15) is 388 Å². The van der Waals surface area contributed by atoms with Crippen molar-refractivity contribution in [1.29, 1.82) is 0 Å².